The van der Waals surface area contributed by atoms with E-state index in [0.29, 0.717) is 39.5 Å². The van der Waals surface area contributed by atoms with Crippen LogP contribution in [0.4, 0.5) is 0 Å². The Bertz CT molecular complexity index is 1370. The van der Waals surface area contributed by atoms with E-state index >= 15 is 0 Å². The van der Waals surface area contributed by atoms with Crippen LogP contribution in [0.25, 0.3) is 10.2 Å². The van der Waals surface area contributed by atoms with E-state index in [1.165, 1.54) is 17.7 Å². The second kappa shape index (κ2) is 8.82. The molecule has 0 bridgehead atoms. The van der Waals surface area contributed by atoms with E-state index in [9.17, 15) is 9.59 Å². The van der Waals surface area contributed by atoms with Crippen LogP contribution in [0.2, 0.25) is 0 Å². The molecule has 1 aliphatic heterocycles. The number of oxazole rings is 1. The Morgan fingerprint density at radius 1 is 1.30 bits per heavy atom. The summed E-state index contributed by atoms with van der Waals surface area (Å²) in [6.07, 6.45) is 6.34. The molecule has 0 radical (unpaired) electrons. The molecule has 1 atom stereocenters. The minimum absolute atomic E-state index is 0.107. The molecule has 1 amide bonds. The van der Waals surface area contributed by atoms with Crippen LogP contribution in [0, 0.1) is 6.92 Å². The second-order valence-electron chi connectivity index (χ2n) is 8.13. The molecule has 3 aromatic heterocycles. The molecule has 4 aromatic rings. The number of fused-ring (bicyclic) bond motifs is 1. The van der Waals surface area contributed by atoms with Crippen LogP contribution in [0.15, 0.2) is 46.0 Å². The highest BCUT2D eigenvalue weighted by Gasteiger charge is 2.34. The monoisotopic (exact) mass is 464 g/mol. The quantitative estimate of drug-likeness (QED) is 0.474. The number of H-pyrrole nitrogens is 1. The molecule has 1 aliphatic rings. The van der Waals surface area contributed by atoms with Crippen LogP contribution in [-0.2, 0) is 6.42 Å². The number of carbonyl (C=O) groups excluding carboxylic acids is 1. The van der Waals surface area contributed by atoms with Gasteiger partial charge in [0, 0.05) is 18.5 Å². The van der Waals surface area contributed by atoms with Gasteiger partial charge in [-0.15, -0.1) is 11.3 Å². The van der Waals surface area contributed by atoms with Gasteiger partial charge < -0.3 is 19.0 Å². The molecule has 0 aliphatic carbocycles. The second-order valence-corrected chi connectivity index (χ2v) is 9.13. The number of nitrogens with one attached hydrogen (secondary N) is 1. The molecule has 1 N–H and O–H groups in total. The number of thiophene rings is 1. The molecular weight excluding hydrogens is 440 g/mol. The van der Waals surface area contributed by atoms with Gasteiger partial charge in [0.25, 0.3) is 11.5 Å². The number of aromatic amines is 1. The number of hydrogen-bond acceptors (Lipinski definition) is 7. The van der Waals surface area contributed by atoms with E-state index in [0.717, 1.165) is 36.3 Å². The number of benzene rings is 1. The van der Waals surface area contributed by atoms with E-state index in [-0.39, 0.29) is 17.5 Å². The maximum atomic E-state index is 13.6. The van der Waals surface area contributed by atoms with Gasteiger partial charge in [0.2, 0.25) is 5.89 Å². The van der Waals surface area contributed by atoms with E-state index in [1.807, 2.05) is 29.2 Å². The highest BCUT2D eigenvalue weighted by Crippen LogP contribution is 2.35. The number of methoxy groups -OCH3 is 1. The van der Waals surface area contributed by atoms with Gasteiger partial charge in [-0.25, -0.2) is 9.97 Å². The number of nitrogens with zero attached hydrogens (tertiary/aromatic N) is 3. The number of amides is 1. The fraction of sp³-hybridized carbons (Fsp3) is 0.333. The van der Waals surface area contributed by atoms with Gasteiger partial charge in [-0.05, 0) is 37.8 Å². The number of likely N-dealkylation sites (tertiary alicyclic amines) is 1. The highest BCUT2D eigenvalue weighted by atomic mass is 32.1. The van der Waals surface area contributed by atoms with Crippen LogP contribution in [-0.4, -0.2) is 39.4 Å². The van der Waals surface area contributed by atoms with Crippen molar-refractivity contribution in [2.24, 2.45) is 0 Å². The molecule has 1 aromatic carbocycles. The summed E-state index contributed by atoms with van der Waals surface area (Å²) >= 11 is 1.26. The van der Waals surface area contributed by atoms with E-state index < -0.39 is 0 Å². The van der Waals surface area contributed by atoms with Crippen molar-refractivity contribution in [2.75, 3.05) is 13.7 Å². The Morgan fingerprint density at radius 2 is 2.15 bits per heavy atom. The van der Waals surface area contributed by atoms with Crippen molar-refractivity contribution in [3.63, 3.8) is 0 Å². The predicted octanol–water partition coefficient (Wildman–Crippen LogP) is 4.25. The Kier molecular flexibility index (Phi) is 5.72. The Labute approximate surface area is 194 Å². The average Bonchev–Trinajstić information content (AvgIpc) is 3.44. The Hall–Kier alpha value is -3.46. The summed E-state index contributed by atoms with van der Waals surface area (Å²) < 4.78 is 11.6. The summed E-state index contributed by atoms with van der Waals surface area (Å²) in [6, 6.07) is 7.57. The van der Waals surface area contributed by atoms with E-state index in [4.69, 9.17) is 9.15 Å². The fourth-order valence-corrected chi connectivity index (χ4v) is 5.55. The molecule has 0 saturated carbocycles. The lowest BCUT2D eigenvalue weighted by Crippen LogP contribution is -2.38. The van der Waals surface area contributed by atoms with Gasteiger partial charge in [-0.3, -0.25) is 9.59 Å². The fourth-order valence-electron chi connectivity index (χ4n) is 4.44. The number of carbonyl (C=O) groups is 1. The molecule has 33 heavy (non-hydrogen) atoms. The summed E-state index contributed by atoms with van der Waals surface area (Å²) in [4.78, 5) is 40.1. The van der Waals surface area contributed by atoms with Gasteiger partial charge in [0.05, 0.1) is 29.9 Å². The number of ether oxygens (including phenoxy) is 1. The van der Waals surface area contributed by atoms with Crippen LogP contribution in [0.5, 0.6) is 5.75 Å². The number of hydrogen-bond donors (Lipinski definition) is 1. The lowest BCUT2D eigenvalue weighted by atomic mass is 10.0. The van der Waals surface area contributed by atoms with Crippen molar-refractivity contribution in [2.45, 2.75) is 38.6 Å². The van der Waals surface area contributed by atoms with Gasteiger partial charge in [-0.1, -0.05) is 18.2 Å². The van der Waals surface area contributed by atoms with Crippen molar-refractivity contribution in [3.05, 3.63) is 74.8 Å². The standard InChI is InChI=1S/C24H24N4O4S/c1-14-19-21(29)26-13-27-23(19)33-20(14)24(30)28-10-6-5-8-17(28)22-25-12-16(32-22)11-15-7-3-4-9-18(15)31-2/h3-4,7,9,12-13,17H,5-6,8,10-11H2,1-2H3,(H,26,27,29). The largest absolute Gasteiger partial charge is 0.496 e. The highest BCUT2D eigenvalue weighted by molar-refractivity contribution is 7.20. The van der Waals surface area contributed by atoms with Crippen LogP contribution < -0.4 is 10.3 Å². The molecular formula is C24H24N4O4S. The maximum absolute atomic E-state index is 13.6. The molecule has 0 spiro atoms. The summed E-state index contributed by atoms with van der Waals surface area (Å²) in [5.41, 5.74) is 1.46. The zero-order valence-electron chi connectivity index (χ0n) is 18.5. The van der Waals surface area contributed by atoms with Crippen molar-refractivity contribution in [1.29, 1.82) is 0 Å². The van der Waals surface area contributed by atoms with Gasteiger partial charge >= 0.3 is 0 Å². The smallest absolute Gasteiger partial charge is 0.264 e. The van der Waals surface area contributed by atoms with Gasteiger partial charge in [0.1, 0.15) is 22.4 Å². The Balaban J connectivity index is 1.43. The third-order valence-electron chi connectivity index (χ3n) is 6.10. The summed E-state index contributed by atoms with van der Waals surface area (Å²) in [5.74, 6) is 1.96. The zero-order chi connectivity index (χ0) is 22.9. The lowest BCUT2D eigenvalue weighted by molar-refractivity contribution is 0.0574. The normalized spacial score (nSPS) is 16.3. The van der Waals surface area contributed by atoms with E-state index in [1.54, 1.807) is 20.2 Å². The number of aromatic nitrogens is 3. The maximum Gasteiger partial charge on any atom is 0.264 e. The van der Waals surface area contributed by atoms with Gasteiger partial charge in [-0.2, -0.15) is 0 Å². The van der Waals surface area contributed by atoms with E-state index in [2.05, 4.69) is 15.0 Å². The predicted molar refractivity (Wildman–Crippen MR) is 125 cm³/mol. The molecule has 8 nitrogen and oxygen atoms in total. The molecule has 1 saturated heterocycles. The van der Waals surface area contributed by atoms with Crippen molar-refractivity contribution in [1.82, 2.24) is 19.9 Å². The SMILES string of the molecule is COc1ccccc1Cc1cnc(C2CCCCN2C(=O)c2sc3nc[nH]c(=O)c3c2C)o1. The summed E-state index contributed by atoms with van der Waals surface area (Å²) in [7, 11) is 1.65. The molecule has 170 valence electrons. The first-order valence-corrected chi connectivity index (χ1v) is 11.7. The van der Waals surface area contributed by atoms with Crippen molar-refractivity contribution in [3.8, 4) is 5.75 Å². The first-order valence-electron chi connectivity index (χ1n) is 10.9. The molecule has 4 heterocycles. The number of para-hydroxylation sites is 1. The summed E-state index contributed by atoms with van der Waals surface area (Å²) in [6.45, 7) is 2.42. The summed E-state index contributed by atoms with van der Waals surface area (Å²) in [5, 5.41) is 0.481. The van der Waals surface area contributed by atoms with Crippen LogP contribution in [0.3, 0.4) is 0 Å². The zero-order valence-corrected chi connectivity index (χ0v) is 19.3. The van der Waals surface area contributed by atoms with Crippen molar-refractivity contribution < 1.29 is 13.9 Å². The minimum Gasteiger partial charge on any atom is -0.496 e. The molecule has 9 heteroatoms. The molecule has 1 unspecified atom stereocenters. The first-order chi connectivity index (χ1) is 16.1. The lowest BCUT2D eigenvalue weighted by Gasteiger charge is -2.33. The van der Waals surface area contributed by atoms with Crippen LogP contribution in [0.1, 0.15) is 57.8 Å². The van der Waals surface area contributed by atoms with Crippen molar-refractivity contribution >= 4 is 27.5 Å². The molecule has 1 fully saturated rings. The third kappa shape index (κ3) is 3.93. The third-order valence-corrected chi connectivity index (χ3v) is 7.29. The topological polar surface area (TPSA) is 101 Å². The molecule has 5 rings (SSSR count). The first kappa shape index (κ1) is 21.4. The average molecular weight is 465 g/mol. The number of aryl methyl sites for hydroxylation is 1. The number of rotatable bonds is 5. The van der Waals surface area contributed by atoms with Crippen LogP contribution >= 0.6 is 11.3 Å². The number of piperidine rings is 1. The van der Waals surface area contributed by atoms with Gasteiger partial charge in [0.15, 0.2) is 0 Å². The minimum atomic E-state index is -0.242. The Morgan fingerprint density at radius 3 is 2.97 bits per heavy atom.